The number of aliphatic hydroxyl groups excluding tert-OH is 1. The average molecular weight is 422 g/mol. The van der Waals surface area contributed by atoms with Crippen molar-refractivity contribution in [1.82, 2.24) is 16.0 Å². The second-order valence-corrected chi connectivity index (χ2v) is 6.84. The third-order valence-corrected chi connectivity index (χ3v) is 5.01. The highest BCUT2D eigenvalue weighted by atomic mass is 35.5. The van der Waals surface area contributed by atoms with Crippen LogP contribution >= 0.6 is 12.4 Å². The molecule has 0 saturated carbocycles. The summed E-state index contributed by atoms with van der Waals surface area (Å²) in [5.74, 6) is -1.46. The van der Waals surface area contributed by atoms with Crippen LogP contribution in [0, 0.1) is 5.82 Å². The quantitative estimate of drug-likeness (QED) is 0.572. The summed E-state index contributed by atoms with van der Waals surface area (Å²) in [6.45, 7) is 1.10. The fraction of sp³-hybridized carbons (Fsp3) is 0.333. The fourth-order valence-electron chi connectivity index (χ4n) is 3.50. The largest absolute Gasteiger partial charge is 0.389 e. The molecular weight excluding hydrogens is 397 g/mol. The summed E-state index contributed by atoms with van der Waals surface area (Å²) in [5, 5.41) is 19.3. The van der Waals surface area contributed by atoms with E-state index in [2.05, 4.69) is 16.0 Å². The van der Waals surface area contributed by atoms with Crippen LogP contribution in [0.3, 0.4) is 0 Å². The van der Waals surface area contributed by atoms with Gasteiger partial charge in [0.25, 0.3) is 5.91 Å². The Morgan fingerprint density at radius 2 is 1.83 bits per heavy atom. The van der Waals surface area contributed by atoms with Crippen LogP contribution in [0.25, 0.3) is 0 Å². The van der Waals surface area contributed by atoms with E-state index in [0.717, 1.165) is 5.56 Å². The van der Waals surface area contributed by atoms with Gasteiger partial charge < -0.3 is 21.1 Å². The Hall–Kier alpha value is -2.48. The van der Waals surface area contributed by atoms with Gasteiger partial charge in [0, 0.05) is 19.5 Å². The summed E-state index contributed by atoms with van der Waals surface area (Å²) in [7, 11) is 0. The summed E-state index contributed by atoms with van der Waals surface area (Å²) in [5.41, 5.74) is -0.0933. The van der Waals surface area contributed by atoms with E-state index in [1.54, 1.807) is 6.07 Å². The van der Waals surface area contributed by atoms with Crippen molar-refractivity contribution in [3.05, 3.63) is 71.5 Å². The number of amides is 2. The van der Waals surface area contributed by atoms with E-state index in [0.29, 0.717) is 19.5 Å². The van der Waals surface area contributed by atoms with Gasteiger partial charge in [0.2, 0.25) is 5.91 Å². The number of β-amino-alcohol motifs (C(OH)–C–C–N with tert-alkyl or cyclic N) is 1. The van der Waals surface area contributed by atoms with E-state index in [-0.39, 0.29) is 36.8 Å². The van der Waals surface area contributed by atoms with E-state index >= 15 is 0 Å². The number of nitrogens with one attached hydrogen (secondary N) is 3. The number of piperidine rings is 1. The number of benzene rings is 2. The van der Waals surface area contributed by atoms with Crippen molar-refractivity contribution in [2.45, 2.75) is 24.5 Å². The number of aliphatic hydroxyl groups is 1. The minimum Gasteiger partial charge on any atom is -0.389 e. The number of halogens is 2. The van der Waals surface area contributed by atoms with Gasteiger partial charge >= 0.3 is 0 Å². The van der Waals surface area contributed by atoms with Crippen LogP contribution in [0.15, 0.2) is 54.6 Å². The van der Waals surface area contributed by atoms with Crippen LogP contribution in [0.5, 0.6) is 0 Å². The minimum absolute atomic E-state index is 0. The molecule has 29 heavy (non-hydrogen) atoms. The molecule has 4 N–H and O–H groups in total. The monoisotopic (exact) mass is 421 g/mol. The highest BCUT2D eigenvalue weighted by molar-refractivity contribution is 5.94. The van der Waals surface area contributed by atoms with Gasteiger partial charge in [-0.1, -0.05) is 42.5 Å². The number of hydrogen-bond acceptors (Lipinski definition) is 4. The molecule has 2 amide bonds. The van der Waals surface area contributed by atoms with Gasteiger partial charge in [-0.05, 0) is 30.7 Å². The summed E-state index contributed by atoms with van der Waals surface area (Å²) in [6.07, 6.45) is -0.207. The summed E-state index contributed by atoms with van der Waals surface area (Å²) in [4.78, 5) is 24.6. The first-order valence-corrected chi connectivity index (χ1v) is 9.31. The zero-order valence-electron chi connectivity index (χ0n) is 15.9. The normalized spacial score (nSPS) is 21.0. The first-order chi connectivity index (χ1) is 13.5. The molecule has 0 bridgehead atoms. The Balaban J connectivity index is 0.00000300. The maximum atomic E-state index is 13.6. The Bertz CT molecular complexity index is 837. The number of hydrogen-bond donors (Lipinski definition) is 4. The molecule has 0 aliphatic carbocycles. The topological polar surface area (TPSA) is 90.5 Å². The molecule has 2 aromatic carbocycles. The molecule has 0 unspecified atom stereocenters. The molecule has 8 heteroatoms. The number of carbonyl (C=O) groups excluding carboxylic acids is 2. The highest BCUT2D eigenvalue weighted by Crippen LogP contribution is 2.31. The van der Waals surface area contributed by atoms with Gasteiger partial charge in [0.05, 0.1) is 17.2 Å². The molecule has 1 aliphatic rings. The van der Waals surface area contributed by atoms with E-state index in [4.69, 9.17) is 0 Å². The zero-order chi connectivity index (χ0) is 20.0. The van der Waals surface area contributed by atoms with E-state index in [9.17, 15) is 19.1 Å². The van der Waals surface area contributed by atoms with Crippen molar-refractivity contribution < 1.29 is 19.1 Å². The van der Waals surface area contributed by atoms with E-state index in [1.165, 1.54) is 18.2 Å². The Kier molecular flexibility index (Phi) is 8.13. The standard InChI is InChI=1S/C21H24FN3O3.ClH/c22-17-9-5-4-8-16(17)20(28)24-12-10-19(27)25-21(11-13-23-14-18(21)26)15-6-2-1-3-7-15;/h1-9,18,23,26H,10-14H2,(H,24,28)(H,25,27);1H/t18-,21+;/m1./s1. The van der Waals surface area contributed by atoms with Crippen LogP contribution in [0.1, 0.15) is 28.8 Å². The lowest BCUT2D eigenvalue weighted by molar-refractivity contribution is -0.125. The van der Waals surface area contributed by atoms with Gasteiger partial charge in [0.1, 0.15) is 5.82 Å². The third-order valence-electron chi connectivity index (χ3n) is 5.01. The molecule has 1 heterocycles. The molecule has 1 saturated heterocycles. The molecular formula is C21H25ClFN3O3. The predicted octanol–water partition coefficient (Wildman–Crippen LogP) is 1.73. The highest BCUT2D eigenvalue weighted by Gasteiger charge is 2.42. The van der Waals surface area contributed by atoms with Crippen LogP contribution in [-0.2, 0) is 10.3 Å². The van der Waals surface area contributed by atoms with Gasteiger partial charge in [-0.3, -0.25) is 9.59 Å². The number of rotatable bonds is 6. The third kappa shape index (κ3) is 5.32. The first-order valence-electron chi connectivity index (χ1n) is 9.31. The van der Waals surface area contributed by atoms with Crippen molar-refractivity contribution in [1.29, 1.82) is 0 Å². The molecule has 2 atom stereocenters. The van der Waals surface area contributed by atoms with Crippen molar-refractivity contribution in [2.75, 3.05) is 19.6 Å². The van der Waals surface area contributed by atoms with Crippen LogP contribution in [0.2, 0.25) is 0 Å². The molecule has 0 aromatic heterocycles. The van der Waals surface area contributed by atoms with Gasteiger partial charge in [0.15, 0.2) is 0 Å². The second-order valence-electron chi connectivity index (χ2n) is 6.84. The molecule has 6 nitrogen and oxygen atoms in total. The molecule has 3 rings (SSSR count). The van der Waals surface area contributed by atoms with Gasteiger partial charge in [-0.2, -0.15) is 0 Å². The van der Waals surface area contributed by atoms with E-state index in [1.807, 2.05) is 30.3 Å². The lowest BCUT2D eigenvalue weighted by Crippen LogP contribution is -2.61. The Morgan fingerprint density at radius 3 is 2.52 bits per heavy atom. The van der Waals surface area contributed by atoms with Crippen LogP contribution in [-0.4, -0.2) is 42.7 Å². The maximum Gasteiger partial charge on any atom is 0.254 e. The van der Waals surface area contributed by atoms with Crippen LogP contribution in [0.4, 0.5) is 4.39 Å². The van der Waals surface area contributed by atoms with Gasteiger partial charge in [-0.15, -0.1) is 12.4 Å². The zero-order valence-corrected chi connectivity index (χ0v) is 16.7. The summed E-state index contributed by atoms with van der Waals surface area (Å²) < 4.78 is 13.6. The SMILES string of the molecule is Cl.O=C(CCNC(=O)c1ccccc1F)N[C@]1(c2ccccc2)CCNC[C@H]1O. The maximum absolute atomic E-state index is 13.6. The molecule has 0 radical (unpaired) electrons. The molecule has 2 aromatic rings. The van der Waals surface area contributed by atoms with Crippen molar-refractivity contribution in [2.24, 2.45) is 0 Å². The molecule has 1 aliphatic heterocycles. The Morgan fingerprint density at radius 1 is 1.14 bits per heavy atom. The van der Waals surface area contributed by atoms with E-state index < -0.39 is 23.4 Å². The fourth-order valence-corrected chi connectivity index (χ4v) is 3.50. The minimum atomic E-state index is -0.876. The van der Waals surface area contributed by atoms with Crippen LogP contribution < -0.4 is 16.0 Å². The molecule has 156 valence electrons. The smallest absolute Gasteiger partial charge is 0.254 e. The lowest BCUT2D eigenvalue weighted by Gasteiger charge is -2.43. The molecule has 1 fully saturated rings. The average Bonchev–Trinajstić information content (AvgIpc) is 2.70. The van der Waals surface area contributed by atoms with Crippen molar-refractivity contribution in [3.63, 3.8) is 0 Å². The predicted molar refractivity (Wildman–Crippen MR) is 110 cm³/mol. The Labute approximate surface area is 175 Å². The molecule has 0 spiro atoms. The lowest BCUT2D eigenvalue weighted by atomic mass is 9.79. The summed E-state index contributed by atoms with van der Waals surface area (Å²) >= 11 is 0. The van der Waals surface area contributed by atoms with Gasteiger partial charge in [-0.25, -0.2) is 4.39 Å². The van der Waals surface area contributed by atoms with Crippen molar-refractivity contribution >= 4 is 24.2 Å². The second kappa shape index (κ2) is 10.3. The van der Waals surface area contributed by atoms with Crippen molar-refractivity contribution in [3.8, 4) is 0 Å². The first kappa shape index (κ1) is 22.8. The summed E-state index contributed by atoms with van der Waals surface area (Å²) in [6, 6.07) is 15.1. The number of carbonyl (C=O) groups is 2.